The summed E-state index contributed by atoms with van der Waals surface area (Å²) in [5.74, 6) is 6.02. The largest absolute Gasteiger partial charge is 0.294 e. The molecule has 1 unspecified atom stereocenters. The highest BCUT2D eigenvalue weighted by molar-refractivity contribution is 7.99. The van der Waals surface area contributed by atoms with E-state index < -0.39 is 0 Å². The van der Waals surface area contributed by atoms with Crippen LogP contribution in [0.2, 0.25) is 0 Å². The molecule has 0 aromatic carbocycles. The molecule has 0 aromatic heterocycles. The summed E-state index contributed by atoms with van der Waals surface area (Å²) in [6, 6.07) is 0. The molecule has 4 heteroatoms. The van der Waals surface area contributed by atoms with Crippen molar-refractivity contribution in [2.24, 2.45) is 5.84 Å². The lowest BCUT2D eigenvalue weighted by Crippen LogP contribution is -2.31. The summed E-state index contributed by atoms with van der Waals surface area (Å²) in [5, 5.41) is 0.375. The van der Waals surface area contributed by atoms with E-state index in [2.05, 4.69) is 19.3 Å². The maximum Gasteiger partial charge on any atom is 0.234 e. The number of nitrogens with two attached hydrogens (primary N) is 1. The summed E-state index contributed by atoms with van der Waals surface area (Å²) in [6.45, 7) is 4.22. The Kier molecular flexibility index (Phi) is 7.29. The standard InChI is InChI=1S/C8H18N2OS/c1-3-4-5-12-7(2)6-8(11)10-9/h7H,3-6,9H2,1-2H3,(H,10,11). The second kappa shape index (κ2) is 7.43. The molecule has 3 nitrogen and oxygen atoms in total. The molecular weight excluding hydrogens is 172 g/mol. The van der Waals surface area contributed by atoms with Crippen LogP contribution < -0.4 is 11.3 Å². The van der Waals surface area contributed by atoms with Gasteiger partial charge in [-0.25, -0.2) is 5.84 Å². The Balaban J connectivity index is 3.32. The van der Waals surface area contributed by atoms with E-state index in [0.29, 0.717) is 11.7 Å². The number of amides is 1. The van der Waals surface area contributed by atoms with E-state index in [0.717, 1.165) is 5.75 Å². The highest BCUT2D eigenvalue weighted by atomic mass is 32.2. The lowest BCUT2D eigenvalue weighted by Gasteiger charge is -2.08. The second-order valence-electron chi connectivity index (χ2n) is 2.81. The average Bonchev–Trinajstić information content (AvgIpc) is 2.05. The Morgan fingerprint density at radius 2 is 2.33 bits per heavy atom. The zero-order chi connectivity index (χ0) is 9.40. The molecule has 0 bridgehead atoms. The highest BCUT2D eigenvalue weighted by Gasteiger charge is 2.06. The van der Waals surface area contributed by atoms with Crippen molar-refractivity contribution < 1.29 is 4.79 Å². The Morgan fingerprint density at radius 1 is 1.67 bits per heavy atom. The fourth-order valence-corrected chi connectivity index (χ4v) is 1.93. The summed E-state index contributed by atoms with van der Waals surface area (Å²) < 4.78 is 0. The van der Waals surface area contributed by atoms with Gasteiger partial charge < -0.3 is 0 Å². The quantitative estimate of drug-likeness (QED) is 0.287. The van der Waals surface area contributed by atoms with Crippen LogP contribution in [0.15, 0.2) is 0 Å². The van der Waals surface area contributed by atoms with Crippen LogP contribution in [0.25, 0.3) is 0 Å². The van der Waals surface area contributed by atoms with Crippen molar-refractivity contribution in [1.82, 2.24) is 5.43 Å². The van der Waals surface area contributed by atoms with Crippen molar-refractivity contribution in [3.8, 4) is 0 Å². The maximum atomic E-state index is 10.8. The monoisotopic (exact) mass is 190 g/mol. The normalized spacial score (nSPS) is 12.6. The molecule has 0 heterocycles. The molecular formula is C8H18N2OS. The minimum absolute atomic E-state index is 0.0773. The predicted molar refractivity (Wildman–Crippen MR) is 53.8 cm³/mol. The number of hydrogen-bond donors (Lipinski definition) is 2. The van der Waals surface area contributed by atoms with Crippen molar-refractivity contribution in [3.05, 3.63) is 0 Å². The minimum atomic E-state index is -0.0773. The van der Waals surface area contributed by atoms with Gasteiger partial charge in [0.1, 0.15) is 0 Å². The first kappa shape index (κ1) is 11.8. The number of unbranched alkanes of at least 4 members (excludes halogenated alkanes) is 1. The van der Waals surface area contributed by atoms with Gasteiger partial charge in [-0.05, 0) is 12.2 Å². The smallest absolute Gasteiger partial charge is 0.234 e. The summed E-state index contributed by atoms with van der Waals surface area (Å²) in [6.07, 6.45) is 2.95. The molecule has 12 heavy (non-hydrogen) atoms. The third kappa shape index (κ3) is 6.49. The Hall–Kier alpha value is -0.220. The SMILES string of the molecule is CCCCSC(C)CC(=O)NN. The van der Waals surface area contributed by atoms with Crippen LogP contribution in [0.4, 0.5) is 0 Å². The van der Waals surface area contributed by atoms with Crippen molar-refractivity contribution >= 4 is 17.7 Å². The van der Waals surface area contributed by atoms with Crippen molar-refractivity contribution in [2.45, 2.75) is 38.4 Å². The van der Waals surface area contributed by atoms with E-state index in [4.69, 9.17) is 5.84 Å². The molecule has 0 saturated heterocycles. The topological polar surface area (TPSA) is 55.1 Å². The number of thioether (sulfide) groups is 1. The van der Waals surface area contributed by atoms with Gasteiger partial charge in [-0.15, -0.1) is 0 Å². The third-order valence-corrected chi connectivity index (χ3v) is 2.79. The second-order valence-corrected chi connectivity index (χ2v) is 4.35. The summed E-state index contributed by atoms with van der Waals surface area (Å²) in [4.78, 5) is 10.8. The van der Waals surface area contributed by atoms with Gasteiger partial charge in [0.2, 0.25) is 5.91 Å². The van der Waals surface area contributed by atoms with Gasteiger partial charge in [0.05, 0.1) is 0 Å². The minimum Gasteiger partial charge on any atom is -0.294 e. The first-order valence-electron chi connectivity index (χ1n) is 4.31. The first-order chi connectivity index (χ1) is 5.70. The van der Waals surface area contributed by atoms with Gasteiger partial charge in [-0.1, -0.05) is 20.3 Å². The van der Waals surface area contributed by atoms with Crippen LogP contribution in [0.5, 0.6) is 0 Å². The molecule has 0 aromatic rings. The molecule has 1 atom stereocenters. The number of carbonyl (C=O) groups excluding carboxylic acids is 1. The van der Waals surface area contributed by atoms with E-state index >= 15 is 0 Å². The molecule has 1 amide bonds. The summed E-state index contributed by atoms with van der Waals surface area (Å²) in [5.41, 5.74) is 2.13. The van der Waals surface area contributed by atoms with Gasteiger partial charge in [0.15, 0.2) is 0 Å². The molecule has 3 N–H and O–H groups in total. The zero-order valence-electron chi connectivity index (χ0n) is 7.80. The molecule has 72 valence electrons. The fourth-order valence-electron chi connectivity index (χ4n) is 0.808. The molecule has 0 fully saturated rings. The van der Waals surface area contributed by atoms with Gasteiger partial charge >= 0.3 is 0 Å². The molecule has 0 aliphatic carbocycles. The number of hydrogen-bond acceptors (Lipinski definition) is 3. The van der Waals surface area contributed by atoms with Gasteiger partial charge in [-0.3, -0.25) is 10.2 Å². The number of carbonyl (C=O) groups is 1. The molecule has 0 saturated carbocycles. The van der Waals surface area contributed by atoms with Crippen molar-refractivity contribution in [3.63, 3.8) is 0 Å². The van der Waals surface area contributed by atoms with E-state index in [-0.39, 0.29) is 5.91 Å². The van der Waals surface area contributed by atoms with Crippen LogP contribution in [-0.4, -0.2) is 16.9 Å². The molecule has 0 radical (unpaired) electrons. The van der Waals surface area contributed by atoms with E-state index in [1.807, 2.05) is 11.8 Å². The number of hydrazine groups is 1. The maximum absolute atomic E-state index is 10.8. The molecule has 0 aliphatic heterocycles. The van der Waals surface area contributed by atoms with Crippen molar-refractivity contribution in [2.75, 3.05) is 5.75 Å². The van der Waals surface area contributed by atoms with Gasteiger partial charge in [-0.2, -0.15) is 11.8 Å². The van der Waals surface area contributed by atoms with Crippen LogP contribution >= 0.6 is 11.8 Å². The van der Waals surface area contributed by atoms with Crippen LogP contribution in [-0.2, 0) is 4.79 Å². The molecule has 0 spiro atoms. The molecule has 0 aliphatic rings. The van der Waals surface area contributed by atoms with Crippen LogP contribution in [0, 0.1) is 0 Å². The summed E-state index contributed by atoms with van der Waals surface area (Å²) >= 11 is 1.83. The van der Waals surface area contributed by atoms with E-state index in [9.17, 15) is 4.79 Å². The van der Waals surface area contributed by atoms with Gasteiger partial charge in [0, 0.05) is 11.7 Å². The predicted octanol–water partition coefficient (Wildman–Crippen LogP) is 1.29. The Morgan fingerprint density at radius 3 is 2.83 bits per heavy atom. The summed E-state index contributed by atoms with van der Waals surface area (Å²) in [7, 11) is 0. The van der Waals surface area contributed by atoms with E-state index in [1.165, 1.54) is 12.8 Å². The number of rotatable bonds is 6. The average molecular weight is 190 g/mol. The zero-order valence-corrected chi connectivity index (χ0v) is 8.62. The first-order valence-corrected chi connectivity index (χ1v) is 5.36. The van der Waals surface area contributed by atoms with E-state index in [1.54, 1.807) is 0 Å². The van der Waals surface area contributed by atoms with Gasteiger partial charge in [0.25, 0.3) is 0 Å². The lowest BCUT2D eigenvalue weighted by atomic mass is 10.3. The van der Waals surface area contributed by atoms with Crippen LogP contribution in [0.1, 0.15) is 33.1 Å². The Labute approximate surface area is 78.4 Å². The Bertz CT molecular complexity index is 130. The van der Waals surface area contributed by atoms with Crippen molar-refractivity contribution in [1.29, 1.82) is 0 Å². The van der Waals surface area contributed by atoms with Crippen LogP contribution in [0.3, 0.4) is 0 Å². The molecule has 0 rings (SSSR count). The lowest BCUT2D eigenvalue weighted by molar-refractivity contribution is -0.121. The third-order valence-electron chi connectivity index (χ3n) is 1.53. The highest BCUT2D eigenvalue weighted by Crippen LogP contribution is 2.15. The number of nitrogens with one attached hydrogen (secondary N) is 1. The fraction of sp³-hybridized carbons (Fsp3) is 0.875.